The molecule has 2 fully saturated rings. The molecule has 2 atom stereocenters. The molecule has 0 radical (unpaired) electrons. The highest BCUT2D eigenvalue weighted by atomic mass is 16.5. The van der Waals surface area contributed by atoms with E-state index in [4.69, 9.17) is 10.5 Å². The van der Waals surface area contributed by atoms with Crippen LogP contribution in [0.15, 0.2) is 12.4 Å². The number of nitrogens with two attached hydrogens (primary N) is 1. The molecule has 2 aliphatic rings. The Hall–Kier alpha value is -1.36. The Morgan fingerprint density at radius 2 is 2.12 bits per heavy atom. The lowest BCUT2D eigenvalue weighted by Crippen LogP contribution is -2.49. The van der Waals surface area contributed by atoms with E-state index in [-0.39, 0.29) is 0 Å². The van der Waals surface area contributed by atoms with Crippen molar-refractivity contribution in [3.63, 3.8) is 0 Å². The van der Waals surface area contributed by atoms with Crippen LogP contribution in [0.1, 0.15) is 19.3 Å². The molecule has 5 heteroatoms. The van der Waals surface area contributed by atoms with Crippen LogP contribution in [0, 0.1) is 0 Å². The number of rotatable bonds is 1. The van der Waals surface area contributed by atoms with Crippen LogP contribution in [0.3, 0.4) is 0 Å². The first-order valence-electron chi connectivity index (χ1n) is 5.80. The van der Waals surface area contributed by atoms with Gasteiger partial charge in [0.25, 0.3) is 0 Å². The zero-order valence-electron chi connectivity index (χ0n) is 9.17. The summed E-state index contributed by atoms with van der Waals surface area (Å²) >= 11 is 0. The summed E-state index contributed by atoms with van der Waals surface area (Å²) in [4.78, 5) is 10.9. The van der Waals surface area contributed by atoms with E-state index in [1.54, 1.807) is 12.4 Å². The van der Waals surface area contributed by atoms with E-state index in [9.17, 15) is 0 Å². The Bertz CT molecular complexity index is 367. The number of hydrogen-bond acceptors (Lipinski definition) is 5. The first-order chi connectivity index (χ1) is 7.84. The van der Waals surface area contributed by atoms with Crippen molar-refractivity contribution in [2.75, 3.05) is 23.8 Å². The summed E-state index contributed by atoms with van der Waals surface area (Å²) in [6, 6.07) is 0.456. The number of nitrogens with zero attached hydrogens (tertiary/aromatic N) is 3. The van der Waals surface area contributed by atoms with E-state index < -0.39 is 0 Å². The number of anilines is 2. The molecule has 0 spiro atoms. The lowest BCUT2D eigenvalue weighted by Gasteiger charge is -2.37. The zero-order chi connectivity index (χ0) is 11.0. The normalized spacial score (nSPS) is 29.1. The number of ether oxygens (including phenoxy) is 1. The maximum absolute atomic E-state index is 5.76. The molecule has 3 rings (SSSR count). The van der Waals surface area contributed by atoms with Gasteiger partial charge in [-0.15, -0.1) is 0 Å². The van der Waals surface area contributed by atoms with Crippen LogP contribution in [0.2, 0.25) is 0 Å². The predicted molar refractivity (Wildman–Crippen MR) is 61.2 cm³/mol. The quantitative estimate of drug-likeness (QED) is 0.759. The Labute approximate surface area is 94.6 Å². The predicted octanol–water partition coefficient (Wildman–Crippen LogP) is 0.816. The number of nitrogen functional groups attached to an aromatic ring is 1. The first-order valence-corrected chi connectivity index (χ1v) is 5.80. The third-order valence-corrected chi connectivity index (χ3v) is 3.40. The second kappa shape index (κ2) is 3.90. The number of morpholine rings is 1. The summed E-state index contributed by atoms with van der Waals surface area (Å²) in [6.07, 6.45) is 7.29. The molecule has 2 heterocycles. The highest BCUT2D eigenvalue weighted by Crippen LogP contribution is 2.31. The second-order valence-corrected chi connectivity index (χ2v) is 4.42. The van der Waals surface area contributed by atoms with Crippen LogP contribution in [0.5, 0.6) is 0 Å². The van der Waals surface area contributed by atoms with Crippen molar-refractivity contribution in [3.05, 3.63) is 12.4 Å². The van der Waals surface area contributed by atoms with E-state index in [1.165, 1.54) is 12.8 Å². The largest absolute Gasteiger partial charge is 0.396 e. The van der Waals surface area contributed by atoms with Crippen molar-refractivity contribution in [2.24, 2.45) is 0 Å². The highest BCUT2D eigenvalue weighted by molar-refractivity contribution is 5.39. The number of hydrogen-bond donors (Lipinski definition) is 1. The smallest absolute Gasteiger partial charge is 0.225 e. The summed E-state index contributed by atoms with van der Waals surface area (Å²) < 4.78 is 5.76. The second-order valence-electron chi connectivity index (χ2n) is 4.42. The maximum atomic E-state index is 5.76. The zero-order valence-corrected chi connectivity index (χ0v) is 9.17. The monoisotopic (exact) mass is 220 g/mol. The van der Waals surface area contributed by atoms with Gasteiger partial charge in [0, 0.05) is 6.54 Å². The van der Waals surface area contributed by atoms with Gasteiger partial charge in [-0.1, -0.05) is 0 Å². The molecule has 0 aromatic carbocycles. The molecule has 1 saturated heterocycles. The maximum Gasteiger partial charge on any atom is 0.225 e. The molecular weight excluding hydrogens is 204 g/mol. The van der Waals surface area contributed by atoms with Crippen molar-refractivity contribution in [1.82, 2.24) is 9.97 Å². The fourth-order valence-corrected chi connectivity index (χ4v) is 2.65. The molecule has 2 N–H and O–H groups in total. The Morgan fingerprint density at radius 3 is 2.94 bits per heavy atom. The molecule has 86 valence electrons. The fraction of sp³-hybridized carbons (Fsp3) is 0.636. The Kier molecular flexibility index (Phi) is 2.40. The average Bonchev–Trinajstić information content (AvgIpc) is 2.78. The van der Waals surface area contributed by atoms with E-state index in [1.807, 2.05) is 0 Å². The highest BCUT2D eigenvalue weighted by Gasteiger charge is 2.37. The van der Waals surface area contributed by atoms with Gasteiger partial charge >= 0.3 is 0 Å². The topological polar surface area (TPSA) is 64.3 Å². The summed E-state index contributed by atoms with van der Waals surface area (Å²) in [7, 11) is 0. The van der Waals surface area contributed by atoms with Gasteiger partial charge in [-0.25, -0.2) is 9.97 Å². The van der Waals surface area contributed by atoms with Crippen LogP contribution in [0.25, 0.3) is 0 Å². The molecule has 0 amide bonds. The number of aromatic nitrogens is 2. The van der Waals surface area contributed by atoms with Crippen molar-refractivity contribution in [3.8, 4) is 0 Å². The van der Waals surface area contributed by atoms with Gasteiger partial charge in [0.1, 0.15) is 0 Å². The van der Waals surface area contributed by atoms with Gasteiger partial charge in [0.2, 0.25) is 5.95 Å². The van der Waals surface area contributed by atoms with Gasteiger partial charge in [0.05, 0.1) is 36.8 Å². The minimum absolute atomic E-state index is 0.370. The summed E-state index contributed by atoms with van der Waals surface area (Å²) in [6.45, 7) is 1.65. The van der Waals surface area contributed by atoms with E-state index in [0.29, 0.717) is 17.8 Å². The van der Waals surface area contributed by atoms with Crippen molar-refractivity contribution < 1.29 is 4.74 Å². The molecule has 1 aromatic heterocycles. The standard InChI is InChI=1S/C11H16N4O/c12-8-6-13-11(14-7-8)15-4-5-16-10-3-1-2-9(10)15/h6-7,9-10H,1-5,12H2. The molecule has 1 saturated carbocycles. The molecular formula is C11H16N4O. The Morgan fingerprint density at radius 1 is 1.31 bits per heavy atom. The lowest BCUT2D eigenvalue weighted by molar-refractivity contribution is 0.0250. The van der Waals surface area contributed by atoms with E-state index >= 15 is 0 Å². The summed E-state index contributed by atoms with van der Waals surface area (Å²) in [5.74, 6) is 0.786. The minimum Gasteiger partial charge on any atom is -0.396 e. The first kappa shape index (κ1) is 9.84. The van der Waals surface area contributed by atoms with Crippen LogP contribution in [0.4, 0.5) is 11.6 Å². The van der Waals surface area contributed by atoms with Crippen LogP contribution >= 0.6 is 0 Å². The van der Waals surface area contributed by atoms with Crippen LogP contribution < -0.4 is 10.6 Å². The van der Waals surface area contributed by atoms with Crippen LogP contribution in [-0.4, -0.2) is 35.3 Å². The Balaban J connectivity index is 1.85. The molecule has 16 heavy (non-hydrogen) atoms. The summed E-state index contributed by atoms with van der Waals surface area (Å²) in [5, 5.41) is 0. The molecule has 0 bridgehead atoms. The average molecular weight is 220 g/mol. The fourth-order valence-electron chi connectivity index (χ4n) is 2.65. The molecule has 5 nitrogen and oxygen atoms in total. The van der Waals surface area contributed by atoms with Crippen molar-refractivity contribution in [2.45, 2.75) is 31.4 Å². The van der Waals surface area contributed by atoms with Gasteiger partial charge < -0.3 is 15.4 Å². The minimum atomic E-state index is 0.370. The molecule has 1 aliphatic carbocycles. The van der Waals surface area contributed by atoms with Gasteiger partial charge in [-0.3, -0.25) is 0 Å². The van der Waals surface area contributed by atoms with Crippen molar-refractivity contribution >= 4 is 11.6 Å². The van der Waals surface area contributed by atoms with Crippen LogP contribution in [-0.2, 0) is 4.74 Å². The molecule has 1 aliphatic heterocycles. The number of fused-ring (bicyclic) bond motifs is 1. The third-order valence-electron chi connectivity index (χ3n) is 3.40. The van der Waals surface area contributed by atoms with Crippen molar-refractivity contribution in [1.29, 1.82) is 0 Å². The van der Waals surface area contributed by atoms with Gasteiger partial charge in [-0.2, -0.15) is 0 Å². The van der Waals surface area contributed by atoms with Gasteiger partial charge in [0.15, 0.2) is 0 Å². The molecule has 1 aromatic rings. The van der Waals surface area contributed by atoms with E-state index in [0.717, 1.165) is 25.5 Å². The van der Waals surface area contributed by atoms with Gasteiger partial charge in [-0.05, 0) is 19.3 Å². The molecule has 2 unspecified atom stereocenters. The van der Waals surface area contributed by atoms with E-state index in [2.05, 4.69) is 14.9 Å². The lowest BCUT2D eigenvalue weighted by atomic mass is 10.1. The SMILES string of the molecule is Nc1cnc(N2CCOC3CCCC32)nc1. The summed E-state index contributed by atoms with van der Waals surface area (Å²) in [5.41, 5.74) is 6.21. The third kappa shape index (κ3) is 1.61.